The average Bonchev–Trinajstić information content (AvgIpc) is 3.48. The molecule has 0 saturated heterocycles. The van der Waals surface area contributed by atoms with Crippen molar-refractivity contribution < 1.29 is 13.3 Å². The van der Waals surface area contributed by atoms with Gasteiger partial charge in [-0.15, -0.1) is 0 Å². The molecule has 0 bridgehead atoms. The highest BCUT2D eigenvalue weighted by atomic mass is 32.2. The highest BCUT2D eigenvalue weighted by Crippen LogP contribution is 2.30. The third kappa shape index (κ3) is 4.15. The highest BCUT2D eigenvalue weighted by Gasteiger charge is 2.18. The number of halogens is 2. The maximum Gasteiger partial charge on any atom is 0.181 e. The van der Waals surface area contributed by atoms with Gasteiger partial charge in [0.25, 0.3) is 0 Å². The van der Waals surface area contributed by atoms with Crippen LogP contribution in [0.1, 0.15) is 5.56 Å². The second kappa shape index (κ2) is 8.72. The Labute approximate surface area is 185 Å². The van der Waals surface area contributed by atoms with E-state index in [1.807, 2.05) is 30.3 Å². The molecular formula is C23H15F2N5OS. The quantitative estimate of drug-likeness (QED) is 0.322. The zero-order chi connectivity index (χ0) is 21.9. The topological polar surface area (TPSA) is 69.6 Å². The van der Waals surface area contributed by atoms with Gasteiger partial charge in [0.2, 0.25) is 0 Å². The summed E-state index contributed by atoms with van der Waals surface area (Å²) in [6, 6.07) is 19.3. The molecule has 0 aliphatic carbocycles. The number of nitrogens with zero attached hydrogens (tertiary/aromatic N) is 5. The number of hydrogen-bond donors (Lipinski definition) is 0. The van der Waals surface area contributed by atoms with E-state index >= 15 is 0 Å². The van der Waals surface area contributed by atoms with E-state index in [1.54, 1.807) is 35.0 Å². The van der Waals surface area contributed by atoms with E-state index in [0.717, 1.165) is 11.1 Å². The first-order chi connectivity index (χ1) is 15.7. The van der Waals surface area contributed by atoms with Crippen molar-refractivity contribution in [1.29, 1.82) is 0 Å². The third-order valence-electron chi connectivity index (χ3n) is 4.66. The fourth-order valence-electron chi connectivity index (χ4n) is 3.13. The molecule has 3 aromatic heterocycles. The lowest BCUT2D eigenvalue weighted by atomic mass is 10.2. The molecule has 6 nitrogen and oxygen atoms in total. The molecular weight excluding hydrogens is 432 g/mol. The Kier molecular flexibility index (Phi) is 5.47. The number of aromatic nitrogens is 5. The summed E-state index contributed by atoms with van der Waals surface area (Å²) in [5.41, 5.74) is 2.00. The molecule has 0 spiro atoms. The summed E-state index contributed by atoms with van der Waals surface area (Å²) in [6.45, 7) is 0.168. The summed E-state index contributed by atoms with van der Waals surface area (Å²) in [4.78, 5) is 9.35. The Hall–Kier alpha value is -3.85. The molecule has 0 atom stereocenters. The van der Waals surface area contributed by atoms with Crippen LogP contribution in [0.5, 0.6) is 0 Å². The molecule has 2 aromatic carbocycles. The van der Waals surface area contributed by atoms with E-state index in [-0.39, 0.29) is 23.2 Å². The van der Waals surface area contributed by atoms with E-state index in [9.17, 15) is 8.78 Å². The van der Waals surface area contributed by atoms with Crippen LogP contribution in [-0.4, -0.2) is 24.9 Å². The summed E-state index contributed by atoms with van der Waals surface area (Å²) in [6.07, 6.45) is 2.57. The molecule has 0 saturated carbocycles. The first-order valence-electron chi connectivity index (χ1n) is 9.65. The van der Waals surface area contributed by atoms with Gasteiger partial charge in [-0.25, -0.2) is 18.7 Å². The zero-order valence-corrected chi connectivity index (χ0v) is 17.3. The van der Waals surface area contributed by atoms with Gasteiger partial charge in [0.05, 0.1) is 18.4 Å². The normalized spacial score (nSPS) is 11.1. The minimum Gasteiger partial charge on any atom is -0.364 e. The van der Waals surface area contributed by atoms with Gasteiger partial charge in [0, 0.05) is 16.5 Å². The van der Waals surface area contributed by atoms with Crippen LogP contribution >= 0.6 is 11.8 Å². The fourth-order valence-corrected chi connectivity index (χ4v) is 3.93. The SMILES string of the molecule is Fc1ccccc1Cn1nc(-c2ncc(F)c(Sc3ccccc3)n2)cc1-c1ccon1. The maximum absolute atomic E-state index is 14.4. The van der Waals surface area contributed by atoms with Crippen LogP contribution in [0.3, 0.4) is 0 Å². The first-order valence-corrected chi connectivity index (χ1v) is 10.5. The molecule has 5 rings (SSSR count). The summed E-state index contributed by atoms with van der Waals surface area (Å²) in [7, 11) is 0. The molecule has 0 aliphatic heterocycles. The van der Waals surface area contributed by atoms with E-state index < -0.39 is 5.82 Å². The summed E-state index contributed by atoms with van der Waals surface area (Å²) < 4.78 is 35.2. The van der Waals surface area contributed by atoms with E-state index in [1.165, 1.54) is 24.1 Å². The second-order valence-corrected chi connectivity index (χ2v) is 7.87. The lowest BCUT2D eigenvalue weighted by Gasteiger charge is -2.06. The molecule has 3 heterocycles. The van der Waals surface area contributed by atoms with Crippen molar-refractivity contribution in [3.8, 4) is 22.9 Å². The van der Waals surface area contributed by atoms with Gasteiger partial charge >= 0.3 is 0 Å². The van der Waals surface area contributed by atoms with Crippen LogP contribution in [0.2, 0.25) is 0 Å². The van der Waals surface area contributed by atoms with E-state index in [2.05, 4.69) is 20.2 Å². The highest BCUT2D eigenvalue weighted by molar-refractivity contribution is 7.99. The van der Waals surface area contributed by atoms with Gasteiger partial charge in [-0.05, 0) is 24.3 Å². The van der Waals surface area contributed by atoms with Crippen molar-refractivity contribution in [2.75, 3.05) is 0 Å². The predicted molar refractivity (Wildman–Crippen MR) is 115 cm³/mol. The van der Waals surface area contributed by atoms with Crippen LogP contribution < -0.4 is 0 Å². The van der Waals surface area contributed by atoms with Gasteiger partial charge in [-0.1, -0.05) is 53.3 Å². The maximum atomic E-state index is 14.4. The van der Waals surface area contributed by atoms with Gasteiger partial charge in [-0.2, -0.15) is 5.10 Å². The minimum atomic E-state index is -0.523. The molecule has 0 amide bonds. The minimum absolute atomic E-state index is 0.168. The molecule has 5 aromatic rings. The van der Waals surface area contributed by atoms with Crippen molar-refractivity contribution in [3.05, 3.63) is 96.4 Å². The largest absolute Gasteiger partial charge is 0.364 e. The van der Waals surface area contributed by atoms with Crippen molar-refractivity contribution in [2.45, 2.75) is 16.5 Å². The van der Waals surface area contributed by atoms with Gasteiger partial charge in [-0.3, -0.25) is 4.68 Å². The smallest absolute Gasteiger partial charge is 0.181 e. The lowest BCUT2D eigenvalue weighted by molar-refractivity contribution is 0.421. The second-order valence-electron chi connectivity index (χ2n) is 6.81. The molecule has 0 fully saturated rings. The molecule has 0 N–H and O–H groups in total. The Bertz CT molecular complexity index is 1360. The summed E-state index contributed by atoms with van der Waals surface area (Å²) in [5.74, 6) is -0.609. The zero-order valence-electron chi connectivity index (χ0n) is 16.5. The molecule has 158 valence electrons. The van der Waals surface area contributed by atoms with Crippen LogP contribution in [0.4, 0.5) is 8.78 Å². The fraction of sp³-hybridized carbons (Fsp3) is 0.0435. The van der Waals surface area contributed by atoms with Crippen LogP contribution in [-0.2, 0) is 6.54 Å². The van der Waals surface area contributed by atoms with Crippen molar-refractivity contribution in [1.82, 2.24) is 24.9 Å². The van der Waals surface area contributed by atoms with Gasteiger partial charge in [0.1, 0.15) is 28.5 Å². The first kappa shape index (κ1) is 20.1. The Morgan fingerprint density at radius 1 is 0.906 bits per heavy atom. The standard InChI is InChI=1S/C23H15F2N5OS/c24-17-9-5-4-6-15(17)14-30-21(19-10-11-31-29-19)12-20(28-30)22-26-13-18(25)23(27-22)32-16-7-2-1-3-8-16/h1-13H,14H2. The third-order valence-corrected chi connectivity index (χ3v) is 5.64. The number of benzene rings is 2. The molecule has 0 unspecified atom stereocenters. The molecule has 0 aliphatic rings. The Balaban J connectivity index is 1.54. The summed E-state index contributed by atoms with van der Waals surface area (Å²) in [5, 5.41) is 8.72. The van der Waals surface area contributed by atoms with Crippen molar-refractivity contribution >= 4 is 11.8 Å². The van der Waals surface area contributed by atoms with Crippen molar-refractivity contribution in [2.24, 2.45) is 0 Å². The van der Waals surface area contributed by atoms with Crippen LogP contribution in [0, 0.1) is 11.6 Å². The number of hydrogen-bond acceptors (Lipinski definition) is 6. The van der Waals surface area contributed by atoms with Crippen molar-refractivity contribution in [3.63, 3.8) is 0 Å². The van der Waals surface area contributed by atoms with Crippen LogP contribution in [0.25, 0.3) is 22.9 Å². The van der Waals surface area contributed by atoms with Crippen LogP contribution in [0.15, 0.2) is 93.6 Å². The number of rotatable bonds is 6. The predicted octanol–water partition coefficient (Wildman–Crippen LogP) is 5.47. The van der Waals surface area contributed by atoms with E-state index in [0.29, 0.717) is 22.6 Å². The van der Waals surface area contributed by atoms with Gasteiger partial charge in [0.15, 0.2) is 11.6 Å². The average molecular weight is 447 g/mol. The molecule has 9 heteroatoms. The lowest BCUT2D eigenvalue weighted by Crippen LogP contribution is -2.06. The molecule has 32 heavy (non-hydrogen) atoms. The van der Waals surface area contributed by atoms with E-state index in [4.69, 9.17) is 4.52 Å². The van der Waals surface area contributed by atoms with Gasteiger partial charge < -0.3 is 4.52 Å². The molecule has 0 radical (unpaired) electrons. The Morgan fingerprint density at radius 2 is 1.72 bits per heavy atom. The summed E-state index contributed by atoms with van der Waals surface area (Å²) >= 11 is 1.20. The Morgan fingerprint density at radius 3 is 2.50 bits per heavy atom. The monoisotopic (exact) mass is 447 g/mol.